The SMILES string of the molecule is C=C(C)C(=O)NCC(CCC)(CNC(=O)C(=C)C)CNC(O)C(=C)C. The van der Waals surface area contributed by atoms with Gasteiger partial charge in [0.1, 0.15) is 6.23 Å². The summed E-state index contributed by atoms with van der Waals surface area (Å²) in [6, 6.07) is 0. The number of amides is 2. The molecule has 6 heteroatoms. The number of aliphatic hydroxyl groups is 1. The van der Waals surface area contributed by atoms with Crippen LogP contribution in [0.3, 0.4) is 0 Å². The van der Waals surface area contributed by atoms with Crippen LogP contribution in [0, 0.1) is 5.41 Å². The highest BCUT2D eigenvalue weighted by atomic mass is 16.3. The standard InChI is InChI=1S/C19H33N3O3/c1-8-9-19(10-20-16(23)13(2)3,11-21-17(24)14(4)5)12-22-18(25)15(6)7/h16,20,23H,2,4,6,8-12H2,1,3,5,7H3,(H,21,24)(H,22,25). The number of aliphatic hydroxyl groups excluding tert-OH is 1. The van der Waals surface area contributed by atoms with E-state index in [0.717, 1.165) is 12.8 Å². The second kappa shape index (κ2) is 10.8. The van der Waals surface area contributed by atoms with Gasteiger partial charge in [-0.05, 0) is 32.8 Å². The van der Waals surface area contributed by atoms with Crippen LogP contribution >= 0.6 is 0 Å². The van der Waals surface area contributed by atoms with E-state index in [-0.39, 0.29) is 11.8 Å². The zero-order valence-electron chi connectivity index (χ0n) is 16.0. The molecule has 142 valence electrons. The molecule has 0 aromatic carbocycles. The van der Waals surface area contributed by atoms with Crippen molar-refractivity contribution in [2.24, 2.45) is 5.41 Å². The Balaban J connectivity index is 5.23. The first kappa shape index (κ1) is 23.1. The molecule has 0 fully saturated rings. The molecule has 2 amide bonds. The first-order valence-electron chi connectivity index (χ1n) is 8.49. The van der Waals surface area contributed by atoms with E-state index in [0.29, 0.717) is 36.4 Å². The van der Waals surface area contributed by atoms with E-state index < -0.39 is 11.6 Å². The van der Waals surface area contributed by atoms with Crippen molar-refractivity contribution in [3.8, 4) is 0 Å². The molecule has 25 heavy (non-hydrogen) atoms. The van der Waals surface area contributed by atoms with Crippen molar-refractivity contribution in [2.75, 3.05) is 19.6 Å². The number of rotatable bonds is 12. The largest absolute Gasteiger partial charge is 0.375 e. The molecule has 0 aliphatic carbocycles. The Labute approximate surface area is 151 Å². The predicted molar refractivity (Wildman–Crippen MR) is 102 cm³/mol. The van der Waals surface area contributed by atoms with Crippen molar-refractivity contribution in [1.29, 1.82) is 0 Å². The average molecular weight is 351 g/mol. The van der Waals surface area contributed by atoms with Crippen molar-refractivity contribution < 1.29 is 14.7 Å². The highest BCUT2D eigenvalue weighted by Gasteiger charge is 2.31. The molecule has 6 nitrogen and oxygen atoms in total. The molecule has 0 rings (SSSR count). The molecule has 1 atom stereocenters. The molecular formula is C19H33N3O3. The van der Waals surface area contributed by atoms with Gasteiger partial charge in [0.15, 0.2) is 0 Å². The minimum atomic E-state index is -0.843. The van der Waals surface area contributed by atoms with Gasteiger partial charge >= 0.3 is 0 Å². The molecule has 0 aromatic heterocycles. The molecule has 0 saturated heterocycles. The smallest absolute Gasteiger partial charge is 0.246 e. The van der Waals surface area contributed by atoms with Crippen LogP contribution in [0.5, 0.6) is 0 Å². The predicted octanol–water partition coefficient (Wildman–Crippen LogP) is 1.64. The fraction of sp³-hybridized carbons (Fsp3) is 0.579. The average Bonchev–Trinajstić information content (AvgIpc) is 2.54. The number of carbonyl (C=O) groups excluding carboxylic acids is 2. The van der Waals surface area contributed by atoms with Crippen LogP contribution in [0.25, 0.3) is 0 Å². The van der Waals surface area contributed by atoms with Crippen LogP contribution in [0.15, 0.2) is 36.5 Å². The summed E-state index contributed by atoms with van der Waals surface area (Å²) in [7, 11) is 0. The maximum absolute atomic E-state index is 11.9. The summed E-state index contributed by atoms with van der Waals surface area (Å²) in [6.07, 6.45) is 0.761. The summed E-state index contributed by atoms with van der Waals surface area (Å²) in [5.41, 5.74) is 0.987. The third-order valence-corrected chi connectivity index (χ3v) is 3.94. The Bertz CT molecular complexity index is 496. The molecule has 0 aliphatic rings. The summed E-state index contributed by atoms with van der Waals surface area (Å²) in [5, 5.41) is 18.7. The first-order chi connectivity index (χ1) is 11.5. The second-order valence-electron chi connectivity index (χ2n) is 6.81. The van der Waals surface area contributed by atoms with Gasteiger partial charge in [0.2, 0.25) is 11.8 Å². The van der Waals surface area contributed by atoms with Crippen molar-refractivity contribution in [1.82, 2.24) is 16.0 Å². The molecule has 1 unspecified atom stereocenters. The van der Waals surface area contributed by atoms with Gasteiger partial charge in [-0.1, -0.05) is 33.1 Å². The van der Waals surface area contributed by atoms with Crippen LogP contribution < -0.4 is 16.0 Å². The van der Waals surface area contributed by atoms with Crippen molar-refractivity contribution in [3.63, 3.8) is 0 Å². The number of carbonyl (C=O) groups is 2. The van der Waals surface area contributed by atoms with Crippen molar-refractivity contribution in [2.45, 2.75) is 46.8 Å². The van der Waals surface area contributed by atoms with Gasteiger partial charge in [0, 0.05) is 36.2 Å². The monoisotopic (exact) mass is 351 g/mol. The molecule has 0 aliphatic heterocycles. The van der Waals surface area contributed by atoms with E-state index in [9.17, 15) is 14.7 Å². The van der Waals surface area contributed by atoms with E-state index in [4.69, 9.17) is 0 Å². The van der Waals surface area contributed by atoms with Crippen molar-refractivity contribution in [3.05, 3.63) is 36.5 Å². The number of hydrogen-bond donors (Lipinski definition) is 4. The van der Waals surface area contributed by atoms with Gasteiger partial charge in [-0.25, -0.2) is 0 Å². The highest BCUT2D eigenvalue weighted by Crippen LogP contribution is 2.23. The molecule has 0 radical (unpaired) electrons. The quantitative estimate of drug-likeness (QED) is 0.244. The Morgan fingerprint density at radius 3 is 1.72 bits per heavy atom. The summed E-state index contributed by atoms with van der Waals surface area (Å²) < 4.78 is 0. The van der Waals surface area contributed by atoms with Gasteiger partial charge in [0.05, 0.1) is 0 Å². The maximum atomic E-state index is 11.9. The molecule has 0 saturated carbocycles. The van der Waals surface area contributed by atoms with Crippen molar-refractivity contribution >= 4 is 11.8 Å². The summed E-state index contributed by atoms with van der Waals surface area (Å²) in [5.74, 6) is -0.459. The maximum Gasteiger partial charge on any atom is 0.246 e. The summed E-state index contributed by atoms with van der Waals surface area (Å²) in [4.78, 5) is 23.8. The van der Waals surface area contributed by atoms with E-state index in [1.807, 2.05) is 6.92 Å². The Morgan fingerprint density at radius 1 is 0.960 bits per heavy atom. The fourth-order valence-corrected chi connectivity index (χ4v) is 2.31. The second-order valence-corrected chi connectivity index (χ2v) is 6.81. The molecular weight excluding hydrogens is 318 g/mol. The summed E-state index contributed by atoms with van der Waals surface area (Å²) >= 11 is 0. The van der Waals surface area contributed by atoms with Crippen LogP contribution in [0.1, 0.15) is 40.5 Å². The Morgan fingerprint density at radius 2 is 1.40 bits per heavy atom. The molecule has 0 spiro atoms. The summed E-state index contributed by atoms with van der Waals surface area (Å²) in [6.45, 7) is 19.1. The third kappa shape index (κ3) is 8.65. The highest BCUT2D eigenvalue weighted by molar-refractivity contribution is 5.92. The fourth-order valence-electron chi connectivity index (χ4n) is 2.31. The lowest BCUT2D eigenvalue weighted by Gasteiger charge is -2.35. The molecule has 0 bridgehead atoms. The third-order valence-electron chi connectivity index (χ3n) is 3.94. The lowest BCUT2D eigenvalue weighted by atomic mass is 9.82. The van der Waals surface area contributed by atoms with Crippen LogP contribution in [0.4, 0.5) is 0 Å². The number of hydrogen-bond acceptors (Lipinski definition) is 4. The number of nitrogens with one attached hydrogen (secondary N) is 3. The lowest BCUT2D eigenvalue weighted by Crippen LogP contribution is -2.52. The van der Waals surface area contributed by atoms with Crippen LogP contribution in [-0.2, 0) is 9.59 Å². The first-order valence-corrected chi connectivity index (χ1v) is 8.49. The Kier molecular flexibility index (Phi) is 10.0. The van der Waals surface area contributed by atoms with E-state index in [2.05, 4.69) is 35.7 Å². The minimum Gasteiger partial charge on any atom is -0.375 e. The van der Waals surface area contributed by atoms with Crippen LogP contribution in [0.2, 0.25) is 0 Å². The zero-order chi connectivity index (χ0) is 19.6. The van der Waals surface area contributed by atoms with Gasteiger partial charge in [-0.15, -0.1) is 0 Å². The molecule has 0 heterocycles. The van der Waals surface area contributed by atoms with E-state index in [1.165, 1.54) is 0 Å². The van der Waals surface area contributed by atoms with Gasteiger partial charge < -0.3 is 15.7 Å². The zero-order valence-corrected chi connectivity index (χ0v) is 16.0. The van der Waals surface area contributed by atoms with Gasteiger partial charge in [-0.2, -0.15) is 0 Å². The van der Waals surface area contributed by atoms with Gasteiger partial charge in [-0.3, -0.25) is 14.9 Å². The molecule has 0 aromatic rings. The van der Waals surface area contributed by atoms with Gasteiger partial charge in [0.25, 0.3) is 0 Å². The van der Waals surface area contributed by atoms with E-state index >= 15 is 0 Å². The normalized spacial score (nSPS) is 12.2. The van der Waals surface area contributed by atoms with Crippen LogP contribution in [-0.4, -0.2) is 42.8 Å². The lowest BCUT2D eigenvalue weighted by molar-refractivity contribution is -0.118. The van der Waals surface area contributed by atoms with E-state index in [1.54, 1.807) is 20.8 Å². The topological polar surface area (TPSA) is 90.5 Å². The molecule has 4 N–H and O–H groups in total. The Hall–Kier alpha value is -1.92. The minimum absolute atomic E-state index is 0.229.